The summed E-state index contributed by atoms with van der Waals surface area (Å²) in [7, 11) is 0. The van der Waals surface area contributed by atoms with Gasteiger partial charge in [-0.2, -0.15) is 0 Å². The Hall–Kier alpha value is -3.72. The second-order valence-electron chi connectivity index (χ2n) is 8.49. The highest BCUT2D eigenvalue weighted by atomic mass is 32.1. The van der Waals surface area contributed by atoms with Crippen molar-refractivity contribution in [2.45, 2.75) is 38.6 Å². The summed E-state index contributed by atoms with van der Waals surface area (Å²) in [5, 5.41) is 15.2. The second-order valence-corrected chi connectivity index (χ2v) is 9.78. The van der Waals surface area contributed by atoms with E-state index in [-0.39, 0.29) is 30.5 Å². The van der Waals surface area contributed by atoms with Crippen molar-refractivity contribution in [2.75, 3.05) is 13.2 Å². The molecule has 9 heteroatoms. The van der Waals surface area contributed by atoms with Crippen molar-refractivity contribution < 1.29 is 24.2 Å². The van der Waals surface area contributed by atoms with Crippen LogP contribution in [0.25, 0.3) is 11.1 Å². The van der Waals surface area contributed by atoms with Gasteiger partial charge >= 0.3 is 12.1 Å². The lowest BCUT2D eigenvalue weighted by molar-refractivity contribution is -0.121. The summed E-state index contributed by atoms with van der Waals surface area (Å²) >= 11 is 1.31. The first-order chi connectivity index (χ1) is 16.8. The van der Waals surface area contributed by atoms with Crippen LogP contribution in [-0.4, -0.2) is 47.3 Å². The van der Waals surface area contributed by atoms with Gasteiger partial charge in [-0.15, -0.1) is 11.3 Å². The molecule has 0 fully saturated rings. The number of thiazole rings is 1. The van der Waals surface area contributed by atoms with Gasteiger partial charge in [-0.05, 0) is 36.1 Å². The second kappa shape index (κ2) is 10.7. The van der Waals surface area contributed by atoms with Gasteiger partial charge in [0.2, 0.25) is 5.91 Å². The smallest absolute Gasteiger partial charge is 0.407 e. The van der Waals surface area contributed by atoms with E-state index in [0.717, 1.165) is 22.3 Å². The third-order valence-electron chi connectivity index (χ3n) is 5.90. The summed E-state index contributed by atoms with van der Waals surface area (Å²) in [6.07, 6.45) is -0.0215. The van der Waals surface area contributed by atoms with Crippen molar-refractivity contribution in [1.29, 1.82) is 0 Å². The normalized spacial score (nSPS) is 13.0. The monoisotopic (exact) mass is 493 g/mol. The number of ether oxygens (including phenoxy) is 1. The number of carboxylic acid groups (broad SMARTS) is 1. The number of hydrogen-bond acceptors (Lipinski definition) is 6. The van der Waals surface area contributed by atoms with E-state index < -0.39 is 18.1 Å². The van der Waals surface area contributed by atoms with Gasteiger partial charge in [0.05, 0.1) is 5.01 Å². The van der Waals surface area contributed by atoms with Gasteiger partial charge in [-0.3, -0.25) is 4.79 Å². The van der Waals surface area contributed by atoms with Crippen LogP contribution in [0.2, 0.25) is 0 Å². The number of carbonyl (C=O) groups is 3. The molecule has 3 aromatic rings. The predicted octanol–water partition coefficient (Wildman–Crippen LogP) is 4.13. The summed E-state index contributed by atoms with van der Waals surface area (Å²) in [6, 6.07) is 15.8. The fraction of sp³-hybridized carbons (Fsp3) is 0.308. The molecule has 0 aliphatic heterocycles. The zero-order valence-electron chi connectivity index (χ0n) is 19.5. The summed E-state index contributed by atoms with van der Waals surface area (Å²) in [5.41, 5.74) is 4.65. The Bertz CT molecular complexity index is 1210. The lowest BCUT2D eigenvalue weighted by atomic mass is 9.98. The van der Waals surface area contributed by atoms with E-state index in [4.69, 9.17) is 9.84 Å². The fourth-order valence-electron chi connectivity index (χ4n) is 4.31. The molecule has 2 amide bonds. The van der Waals surface area contributed by atoms with Gasteiger partial charge in [-0.25, -0.2) is 14.6 Å². The standard InChI is InChI=1S/C26H27N3O5S/c1-15(13-22(30)27-12-11-23-29-24(25(31)32)16(2)35-23)28-26(33)34-14-21-19-9-5-3-7-17(19)18-8-4-6-10-20(18)21/h3-10,15,21H,11-14H2,1-2H3,(H,27,30)(H,28,33)(H,31,32)/t15-/m1/s1. The van der Waals surface area contributed by atoms with E-state index in [9.17, 15) is 14.4 Å². The van der Waals surface area contributed by atoms with Crippen LogP contribution in [0.3, 0.4) is 0 Å². The van der Waals surface area contributed by atoms with Crippen molar-refractivity contribution in [3.63, 3.8) is 0 Å². The van der Waals surface area contributed by atoms with E-state index in [1.54, 1.807) is 13.8 Å². The number of aryl methyl sites for hydroxylation is 1. The molecular weight excluding hydrogens is 466 g/mol. The van der Waals surface area contributed by atoms with Crippen LogP contribution in [0.4, 0.5) is 4.79 Å². The predicted molar refractivity (Wildman–Crippen MR) is 133 cm³/mol. The number of fused-ring (bicyclic) bond motifs is 3. The molecule has 0 saturated heterocycles. The molecule has 1 heterocycles. The highest BCUT2D eigenvalue weighted by molar-refractivity contribution is 7.11. The molecule has 0 radical (unpaired) electrons. The molecule has 0 unspecified atom stereocenters. The number of alkyl carbamates (subject to hydrolysis) is 1. The third-order valence-corrected chi connectivity index (χ3v) is 6.93. The lowest BCUT2D eigenvalue weighted by Gasteiger charge is -2.17. The minimum atomic E-state index is -1.05. The van der Waals surface area contributed by atoms with Crippen molar-refractivity contribution in [1.82, 2.24) is 15.6 Å². The van der Waals surface area contributed by atoms with Crippen LogP contribution < -0.4 is 10.6 Å². The zero-order valence-corrected chi connectivity index (χ0v) is 20.4. The average molecular weight is 494 g/mol. The lowest BCUT2D eigenvalue weighted by Crippen LogP contribution is -2.38. The summed E-state index contributed by atoms with van der Waals surface area (Å²) < 4.78 is 5.53. The highest BCUT2D eigenvalue weighted by Crippen LogP contribution is 2.44. The molecule has 1 aromatic heterocycles. The van der Waals surface area contributed by atoms with E-state index in [0.29, 0.717) is 22.9 Å². The van der Waals surface area contributed by atoms with Gasteiger partial charge in [-0.1, -0.05) is 48.5 Å². The van der Waals surface area contributed by atoms with Gasteiger partial charge in [0, 0.05) is 36.2 Å². The number of hydrogen-bond donors (Lipinski definition) is 3. The Morgan fingerprint density at radius 3 is 2.31 bits per heavy atom. The number of carboxylic acids is 1. The molecule has 0 spiro atoms. The first-order valence-corrected chi connectivity index (χ1v) is 12.2. The molecule has 0 saturated carbocycles. The molecule has 1 aliphatic rings. The quantitative estimate of drug-likeness (QED) is 0.413. The molecule has 8 nitrogen and oxygen atoms in total. The fourth-order valence-corrected chi connectivity index (χ4v) is 5.23. The summed E-state index contributed by atoms with van der Waals surface area (Å²) in [5.74, 6) is -1.30. The Kier molecular flexibility index (Phi) is 7.45. The van der Waals surface area contributed by atoms with Gasteiger partial charge in [0.1, 0.15) is 6.61 Å². The topological polar surface area (TPSA) is 118 Å². The van der Waals surface area contributed by atoms with E-state index in [1.807, 2.05) is 24.3 Å². The molecular formula is C26H27N3O5S. The van der Waals surface area contributed by atoms with Crippen LogP contribution in [0.1, 0.15) is 50.8 Å². The first kappa shape index (κ1) is 24.4. The summed E-state index contributed by atoms with van der Waals surface area (Å²) in [4.78, 5) is 40.4. The number of nitrogens with zero attached hydrogens (tertiary/aromatic N) is 1. The number of benzene rings is 2. The Morgan fingerprint density at radius 1 is 1.09 bits per heavy atom. The zero-order chi connectivity index (χ0) is 24.9. The van der Waals surface area contributed by atoms with Gasteiger partial charge < -0.3 is 20.5 Å². The SMILES string of the molecule is Cc1sc(CCNC(=O)C[C@@H](C)NC(=O)OCC2c3ccccc3-c3ccccc32)nc1C(=O)O. The van der Waals surface area contributed by atoms with E-state index >= 15 is 0 Å². The minimum absolute atomic E-state index is 0.0251. The molecule has 1 aliphatic carbocycles. The molecule has 1 atom stereocenters. The van der Waals surface area contributed by atoms with Crippen LogP contribution in [-0.2, 0) is 16.0 Å². The van der Waals surface area contributed by atoms with Crippen LogP contribution in [0.15, 0.2) is 48.5 Å². The number of nitrogens with one attached hydrogen (secondary N) is 2. The molecule has 4 rings (SSSR count). The maximum Gasteiger partial charge on any atom is 0.407 e. The summed E-state index contributed by atoms with van der Waals surface area (Å²) in [6.45, 7) is 4.00. The van der Waals surface area contributed by atoms with Crippen molar-refractivity contribution in [3.8, 4) is 11.1 Å². The maximum atomic E-state index is 12.4. The number of rotatable bonds is 9. The van der Waals surface area contributed by atoms with Crippen LogP contribution >= 0.6 is 11.3 Å². The number of aromatic carboxylic acids is 1. The Balaban J connectivity index is 1.22. The van der Waals surface area contributed by atoms with E-state index in [1.165, 1.54) is 11.3 Å². The molecule has 182 valence electrons. The van der Waals surface area contributed by atoms with Gasteiger partial charge in [0.15, 0.2) is 5.69 Å². The van der Waals surface area contributed by atoms with Gasteiger partial charge in [0.25, 0.3) is 0 Å². The Labute approximate surface area is 207 Å². The minimum Gasteiger partial charge on any atom is -0.476 e. The van der Waals surface area contributed by atoms with Crippen LogP contribution in [0.5, 0.6) is 0 Å². The molecule has 0 bridgehead atoms. The van der Waals surface area contributed by atoms with E-state index in [2.05, 4.69) is 39.9 Å². The van der Waals surface area contributed by atoms with Crippen LogP contribution in [0, 0.1) is 6.92 Å². The number of amides is 2. The van der Waals surface area contributed by atoms with Crippen molar-refractivity contribution in [3.05, 3.63) is 75.2 Å². The average Bonchev–Trinajstić information content (AvgIpc) is 3.35. The maximum absolute atomic E-state index is 12.4. The first-order valence-electron chi connectivity index (χ1n) is 11.4. The molecule has 3 N–H and O–H groups in total. The number of carbonyl (C=O) groups excluding carboxylic acids is 2. The highest BCUT2D eigenvalue weighted by Gasteiger charge is 2.29. The Morgan fingerprint density at radius 2 is 1.71 bits per heavy atom. The van der Waals surface area contributed by atoms with Crippen molar-refractivity contribution in [2.24, 2.45) is 0 Å². The molecule has 2 aromatic carbocycles. The number of aromatic nitrogens is 1. The third kappa shape index (κ3) is 5.68. The largest absolute Gasteiger partial charge is 0.476 e. The molecule has 35 heavy (non-hydrogen) atoms. The van der Waals surface area contributed by atoms with Crippen molar-refractivity contribution >= 4 is 29.3 Å².